The summed E-state index contributed by atoms with van der Waals surface area (Å²) < 4.78 is 0. The summed E-state index contributed by atoms with van der Waals surface area (Å²) in [4.78, 5) is 5.32. The Morgan fingerprint density at radius 3 is 2.42 bits per heavy atom. The van der Waals surface area contributed by atoms with Gasteiger partial charge >= 0.3 is 0 Å². The van der Waals surface area contributed by atoms with Crippen molar-refractivity contribution >= 4 is 0 Å². The molecule has 1 N–H and O–H groups in total. The molecule has 0 saturated carbocycles. The van der Waals surface area contributed by atoms with Gasteiger partial charge in [-0.25, -0.2) is 0 Å². The average molecular weight is 265 g/mol. The van der Waals surface area contributed by atoms with Crippen LogP contribution >= 0.6 is 0 Å². The van der Waals surface area contributed by atoms with Crippen LogP contribution in [0.4, 0.5) is 0 Å². The molecule has 3 heteroatoms. The van der Waals surface area contributed by atoms with Gasteiger partial charge in [0.1, 0.15) is 0 Å². The normalized spacial score (nSPS) is 39.8. The fourth-order valence-corrected chi connectivity index (χ4v) is 4.40. The van der Waals surface area contributed by atoms with Crippen LogP contribution in [0, 0.1) is 5.92 Å². The molecular formula is C16H31N3. The predicted octanol–water partition coefficient (Wildman–Crippen LogP) is 1.93. The second-order valence-corrected chi connectivity index (χ2v) is 7.08. The SMILES string of the molecule is CC1CC(N2CCC(C3CCCN3)CC2)CCN1C. The standard InChI is InChI=1S/C16H31N3/c1-13-12-15(7-9-18(13)2)19-10-5-14(6-11-19)16-4-3-8-17-16/h13-17H,3-12H2,1-2H3. The van der Waals surface area contributed by atoms with Crippen molar-refractivity contribution in [3.63, 3.8) is 0 Å². The third kappa shape index (κ3) is 3.14. The summed E-state index contributed by atoms with van der Waals surface area (Å²) in [6, 6.07) is 2.48. The Balaban J connectivity index is 1.47. The predicted molar refractivity (Wildman–Crippen MR) is 80.4 cm³/mol. The lowest BCUT2D eigenvalue weighted by Crippen LogP contribution is -2.51. The van der Waals surface area contributed by atoms with Gasteiger partial charge in [-0.05, 0) is 84.6 Å². The fraction of sp³-hybridized carbons (Fsp3) is 1.00. The van der Waals surface area contributed by atoms with Gasteiger partial charge in [-0.1, -0.05) is 0 Å². The summed E-state index contributed by atoms with van der Waals surface area (Å²) >= 11 is 0. The van der Waals surface area contributed by atoms with Crippen LogP contribution in [0.5, 0.6) is 0 Å². The van der Waals surface area contributed by atoms with Crippen molar-refractivity contribution in [3.05, 3.63) is 0 Å². The molecule has 0 amide bonds. The Kier molecular flexibility index (Phi) is 4.45. The second kappa shape index (κ2) is 6.11. The van der Waals surface area contributed by atoms with Crippen molar-refractivity contribution in [2.24, 2.45) is 5.92 Å². The van der Waals surface area contributed by atoms with E-state index in [0.29, 0.717) is 0 Å². The van der Waals surface area contributed by atoms with Gasteiger partial charge in [0.05, 0.1) is 0 Å². The Bertz CT molecular complexity index is 280. The first kappa shape index (κ1) is 13.8. The van der Waals surface area contributed by atoms with Crippen LogP contribution in [-0.2, 0) is 0 Å². The van der Waals surface area contributed by atoms with Crippen LogP contribution in [0.3, 0.4) is 0 Å². The van der Waals surface area contributed by atoms with E-state index in [1.807, 2.05) is 0 Å². The molecule has 0 aliphatic carbocycles. The van der Waals surface area contributed by atoms with Crippen molar-refractivity contribution < 1.29 is 0 Å². The summed E-state index contributed by atoms with van der Waals surface area (Å²) in [6.07, 6.45) is 8.44. The smallest absolute Gasteiger partial charge is 0.0122 e. The van der Waals surface area contributed by atoms with Crippen LogP contribution in [0.25, 0.3) is 0 Å². The summed E-state index contributed by atoms with van der Waals surface area (Å²) in [5.41, 5.74) is 0. The second-order valence-electron chi connectivity index (χ2n) is 7.08. The summed E-state index contributed by atoms with van der Waals surface area (Å²) in [6.45, 7) is 7.64. The van der Waals surface area contributed by atoms with Gasteiger partial charge in [0.2, 0.25) is 0 Å². The number of nitrogens with one attached hydrogen (secondary N) is 1. The first-order valence-corrected chi connectivity index (χ1v) is 8.41. The topological polar surface area (TPSA) is 18.5 Å². The first-order valence-electron chi connectivity index (χ1n) is 8.41. The molecule has 0 aromatic carbocycles. The summed E-state index contributed by atoms with van der Waals surface area (Å²) in [5.74, 6) is 0.961. The van der Waals surface area contributed by atoms with Crippen molar-refractivity contribution in [2.45, 2.75) is 63.6 Å². The van der Waals surface area contributed by atoms with Gasteiger partial charge in [0.25, 0.3) is 0 Å². The Hall–Kier alpha value is -0.120. The van der Waals surface area contributed by atoms with Gasteiger partial charge in [-0.2, -0.15) is 0 Å². The molecule has 3 nitrogen and oxygen atoms in total. The first-order chi connectivity index (χ1) is 9.24. The molecule has 0 aromatic rings. The maximum Gasteiger partial charge on any atom is 0.0122 e. The zero-order valence-electron chi connectivity index (χ0n) is 12.8. The molecule has 3 rings (SSSR count). The van der Waals surface area contributed by atoms with E-state index in [1.54, 1.807) is 0 Å². The molecular weight excluding hydrogens is 234 g/mol. The Morgan fingerprint density at radius 1 is 1.00 bits per heavy atom. The molecule has 3 aliphatic heterocycles. The zero-order chi connectivity index (χ0) is 13.2. The highest BCUT2D eigenvalue weighted by atomic mass is 15.2. The third-order valence-corrected chi connectivity index (χ3v) is 5.94. The van der Waals surface area contributed by atoms with Crippen LogP contribution in [-0.4, -0.2) is 61.2 Å². The monoisotopic (exact) mass is 265 g/mol. The van der Waals surface area contributed by atoms with E-state index in [4.69, 9.17) is 0 Å². The van der Waals surface area contributed by atoms with Crippen LogP contribution in [0.1, 0.15) is 45.4 Å². The molecule has 110 valence electrons. The summed E-state index contributed by atoms with van der Waals surface area (Å²) in [7, 11) is 2.28. The van der Waals surface area contributed by atoms with Gasteiger partial charge in [-0.15, -0.1) is 0 Å². The maximum absolute atomic E-state index is 3.71. The van der Waals surface area contributed by atoms with E-state index in [0.717, 1.165) is 24.0 Å². The van der Waals surface area contributed by atoms with Gasteiger partial charge in [0, 0.05) is 18.1 Å². The van der Waals surface area contributed by atoms with Crippen LogP contribution < -0.4 is 5.32 Å². The van der Waals surface area contributed by atoms with Gasteiger partial charge < -0.3 is 15.1 Å². The molecule has 3 fully saturated rings. The molecule has 19 heavy (non-hydrogen) atoms. The van der Waals surface area contributed by atoms with Crippen molar-refractivity contribution in [1.29, 1.82) is 0 Å². The molecule has 3 aliphatic rings. The molecule has 0 bridgehead atoms. The van der Waals surface area contributed by atoms with E-state index < -0.39 is 0 Å². The lowest BCUT2D eigenvalue weighted by Gasteiger charge is -2.44. The highest BCUT2D eigenvalue weighted by Gasteiger charge is 2.33. The minimum absolute atomic E-state index is 0.771. The Morgan fingerprint density at radius 2 is 1.79 bits per heavy atom. The lowest BCUT2D eigenvalue weighted by atomic mass is 9.86. The third-order valence-electron chi connectivity index (χ3n) is 5.94. The van der Waals surface area contributed by atoms with E-state index in [9.17, 15) is 0 Å². The number of nitrogens with zero attached hydrogens (tertiary/aromatic N) is 2. The minimum Gasteiger partial charge on any atom is -0.314 e. The summed E-state index contributed by atoms with van der Waals surface area (Å²) in [5, 5.41) is 3.71. The quantitative estimate of drug-likeness (QED) is 0.823. The molecule has 3 atom stereocenters. The van der Waals surface area contributed by atoms with E-state index in [-0.39, 0.29) is 0 Å². The number of hydrogen-bond acceptors (Lipinski definition) is 3. The maximum atomic E-state index is 3.71. The molecule has 0 spiro atoms. The molecule has 3 unspecified atom stereocenters. The number of likely N-dealkylation sites (tertiary alicyclic amines) is 2. The number of rotatable bonds is 2. The Labute approximate surface area is 118 Å². The highest BCUT2D eigenvalue weighted by Crippen LogP contribution is 2.29. The number of piperidine rings is 2. The highest BCUT2D eigenvalue weighted by molar-refractivity contribution is 4.89. The van der Waals surface area contributed by atoms with E-state index in [1.165, 1.54) is 64.7 Å². The molecule has 0 radical (unpaired) electrons. The van der Waals surface area contributed by atoms with Crippen LogP contribution in [0.15, 0.2) is 0 Å². The van der Waals surface area contributed by atoms with Crippen molar-refractivity contribution in [3.8, 4) is 0 Å². The largest absolute Gasteiger partial charge is 0.314 e. The minimum atomic E-state index is 0.771. The lowest BCUT2D eigenvalue weighted by molar-refractivity contribution is 0.0576. The zero-order valence-corrected chi connectivity index (χ0v) is 12.8. The van der Waals surface area contributed by atoms with Crippen molar-refractivity contribution in [1.82, 2.24) is 15.1 Å². The van der Waals surface area contributed by atoms with E-state index in [2.05, 4.69) is 29.1 Å². The van der Waals surface area contributed by atoms with Crippen LogP contribution in [0.2, 0.25) is 0 Å². The average Bonchev–Trinajstić information content (AvgIpc) is 2.96. The van der Waals surface area contributed by atoms with Gasteiger partial charge in [0.15, 0.2) is 0 Å². The van der Waals surface area contributed by atoms with E-state index >= 15 is 0 Å². The van der Waals surface area contributed by atoms with Gasteiger partial charge in [-0.3, -0.25) is 0 Å². The molecule has 3 heterocycles. The number of hydrogen-bond donors (Lipinski definition) is 1. The fourth-order valence-electron chi connectivity index (χ4n) is 4.40. The van der Waals surface area contributed by atoms with Crippen molar-refractivity contribution in [2.75, 3.05) is 33.2 Å². The molecule has 3 saturated heterocycles. The molecule has 0 aromatic heterocycles.